The van der Waals surface area contributed by atoms with Gasteiger partial charge in [-0.3, -0.25) is 46.4 Å². The summed E-state index contributed by atoms with van der Waals surface area (Å²) in [6.07, 6.45) is -2.58. The standard InChI is InChI=1S/C29H45N10O17P3/c1-49-24-23(19(13-53-57(43,44)50-6-2-4-40)54-28(24)39-15-35-22-26(39)36-29(31)37-27(22)42)56-59(47,48)52-12-17-10-38(11-18(17)55-58(45,46)51-7-3-5-41)9-16-8-32-21-20(16)33-14-34-25(21)30/h8,14-15,17-19,23-24,28,32,40-41H,2-7,9-13H2,1H3,(H,43,44)(H,45,46)(H,47,48)(H2,30,33,34)(H3,31,36,37,42)/t17-,18+,19-,23-,24-,28-/m1/s1. The van der Waals surface area contributed by atoms with Crippen LogP contribution in [0.15, 0.2) is 23.6 Å². The van der Waals surface area contributed by atoms with Crippen LogP contribution in [-0.2, 0) is 56.9 Å². The van der Waals surface area contributed by atoms with Crippen molar-refractivity contribution >= 4 is 57.4 Å². The zero-order chi connectivity index (χ0) is 42.5. The number of nitrogens with zero attached hydrogens (tertiary/aromatic N) is 6. The molecule has 2 saturated heterocycles. The lowest BCUT2D eigenvalue weighted by Gasteiger charge is -2.26. The maximum atomic E-state index is 13.8. The average molecular weight is 899 g/mol. The molecule has 27 nitrogen and oxygen atoms in total. The summed E-state index contributed by atoms with van der Waals surface area (Å²) in [6, 6.07) is 0. The smallest absolute Gasteiger partial charge is 0.396 e. The van der Waals surface area contributed by atoms with E-state index in [0.717, 1.165) is 0 Å². The van der Waals surface area contributed by atoms with Crippen molar-refractivity contribution in [2.75, 3.05) is 71.3 Å². The van der Waals surface area contributed by atoms with Crippen molar-refractivity contribution in [1.82, 2.24) is 39.4 Å². The Balaban J connectivity index is 1.21. The quantitative estimate of drug-likeness (QED) is 0.0355. The minimum absolute atomic E-state index is 0.0196. The highest BCUT2D eigenvalue weighted by atomic mass is 31.2. The Morgan fingerprint density at radius 3 is 2.31 bits per heavy atom. The largest absolute Gasteiger partial charge is 0.472 e. The van der Waals surface area contributed by atoms with E-state index in [-0.39, 0.29) is 81.8 Å². The van der Waals surface area contributed by atoms with E-state index in [9.17, 15) is 33.2 Å². The van der Waals surface area contributed by atoms with Gasteiger partial charge in [0, 0.05) is 57.6 Å². The number of phosphoric ester groups is 3. The predicted molar refractivity (Wildman–Crippen MR) is 201 cm³/mol. The van der Waals surface area contributed by atoms with Gasteiger partial charge in [-0.25, -0.2) is 28.6 Å². The number of rotatable bonds is 22. The molecule has 6 rings (SSSR count). The zero-order valence-electron chi connectivity index (χ0n) is 31.3. The molecule has 0 radical (unpaired) electrons. The molecule has 0 spiro atoms. The number of aromatic amines is 2. The molecule has 0 saturated carbocycles. The molecule has 2 aliphatic rings. The van der Waals surface area contributed by atoms with E-state index in [1.54, 1.807) is 6.20 Å². The van der Waals surface area contributed by atoms with Crippen LogP contribution in [0.3, 0.4) is 0 Å². The first-order chi connectivity index (χ1) is 28.0. The Kier molecular flexibility index (Phi) is 14.7. The number of hydrogen-bond acceptors (Lipinski definition) is 21. The van der Waals surface area contributed by atoms with E-state index >= 15 is 0 Å². The molecule has 59 heavy (non-hydrogen) atoms. The van der Waals surface area contributed by atoms with Gasteiger partial charge >= 0.3 is 23.5 Å². The van der Waals surface area contributed by atoms with Gasteiger partial charge in [-0.1, -0.05) is 0 Å². The van der Waals surface area contributed by atoms with Gasteiger partial charge in [-0.05, 0) is 12.8 Å². The van der Waals surface area contributed by atoms with Gasteiger partial charge in [-0.2, -0.15) is 4.98 Å². The van der Waals surface area contributed by atoms with E-state index in [1.807, 2.05) is 4.90 Å². The summed E-state index contributed by atoms with van der Waals surface area (Å²) in [4.78, 5) is 67.9. The Hall–Kier alpha value is -3.30. The molecule has 30 heteroatoms. The topological polar surface area (TPSA) is 387 Å². The molecule has 0 bridgehead atoms. The van der Waals surface area contributed by atoms with Crippen molar-refractivity contribution in [2.24, 2.45) is 5.92 Å². The molecule has 2 fully saturated rings. The number of imidazole rings is 1. The number of anilines is 2. The van der Waals surface area contributed by atoms with Gasteiger partial charge < -0.3 is 50.8 Å². The molecule has 328 valence electrons. The SMILES string of the molecule is CO[C@@H]1[C@H](OP(=O)(O)OC[C@H]2CN(Cc3c[nH]c4c(N)ncnc34)C[C@@H]2OP(=O)(O)OCCCO)[C@@H](COP(=O)(O)OCCCO)O[C@H]1n1cnc2c(=O)[nH]c(N)nc21. The van der Waals surface area contributed by atoms with Crippen LogP contribution in [0, 0.1) is 5.92 Å². The second kappa shape index (κ2) is 19.2. The first-order valence-corrected chi connectivity index (χ1v) is 22.4. The lowest BCUT2D eigenvalue weighted by molar-refractivity contribution is -0.0584. The summed E-state index contributed by atoms with van der Waals surface area (Å²) in [7, 11) is -13.4. The molecule has 0 aromatic carbocycles. The van der Waals surface area contributed by atoms with Crippen LogP contribution in [0.4, 0.5) is 11.8 Å². The average Bonchev–Trinajstić information content (AvgIpc) is 3.95. The van der Waals surface area contributed by atoms with E-state index in [0.29, 0.717) is 16.6 Å². The van der Waals surface area contributed by atoms with Crippen LogP contribution in [0.25, 0.3) is 22.2 Å². The second-order valence-corrected chi connectivity index (χ2v) is 17.6. The molecule has 3 unspecified atom stereocenters. The van der Waals surface area contributed by atoms with Crippen LogP contribution >= 0.6 is 23.5 Å². The maximum absolute atomic E-state index is 13.8. The number of likely N-dealkylation sites (tertiary alicyclic amines) is 1. The molecule has 9 atom stereocenters. The van der Waals surface area contributed by atoms with E-state index < -0.39 is 78.8 Å². The zero-order valence-corrected chi connectivity index (χ0v) is 34.0. The third kappa shape index (κ3) is 11.2. The van der Waals surface area contributed by atoms with Crippen LogP contribution < -0.4 is 17.0 Å². The number of nitrogen functional groups attached to an aromatic ring is 2. The van der Waals surface area contributed by atoms with Crippen LogP contribution in [0.1, 0.15) is 24.6 Å². The number of aromatic nitrogens is 7. The van der Waals surface area contributed by atoms with Crippen LogP contribution in [0.2, 0.25) is 0 Å². The van der Waals surface area contributed by atoms with Gasteiger partial charge in [0.2, 0.25) is 5.95 Å². The monoisotopic (exact) mass is 898 g/mol. The molecule has 2 aliphatic heterocycles. The first-order valence-electron chi connectivity index (χ1n) is 17.9. The van der Waals surface area contributed by atoms with Crippen LogP contribution in [0.5, 0.6) is 0 Å². The number of H-pyrrole nitrogens is 2. The highest BCUT2D eigenvalue weighted by molar-refractivity contribution is 7.48. The molecular formula is C29H45N10O17P3. The fraction of sp³-hybridized carbons (Fsp3) is 0.621. The van der Waals surface area contributed by atoms with Crippen molar-refractivity contribution < 1.29 is 75.2 Å². The Morgan fingerprint density at radius 1 is 0.898 bits per heavy atom. The third-order valence-corrected chi connectivity index (χ3v) is 12.2. The van der Waals surface area contributed by atoms with E-state index in [4.69, 9.17) is 58.3 Å². The van der Waals surface area contributed by atoms with E-state index in [2.05, 4.69) is 29.9 Å². The fourth-order valence-corrected chi connectivity index (χ4v) is 9.33. The van der Waals surface area contributed by atoms with Gasteiger partial charge in [-0.15, -0.1) is 0 Å². The number of aliphatic hydroxyl groups is 2. The van der Waals surface area contributed by atoms with Crippen molar-refractivity contribution in [2.45, 2.75) is 50.0 Å². The number of nitrogens with one attached hydrogen (secondary N) is 2. The lowest BCUT2D eigenvalue weighted by atomic mass is 10.1. The molecule has 0 amide bonds. The highest BCUT2D eigenvalue weighted by Gasteiger charge is 2.52. The predicted octanol–water partition coefficient (Wildman–Crippen LogP) is -0.497. The number of aliphatic hydroxyl groups excluding tert-OH is 2. The minimum Gasteiger partial charge on any atom is -0.396 e. The Labute approximate surface area is 333 Å². The van der Waals surface area contributed by atoms with Gasteiger partial charge in [0.1, 0.15) is 30.2 Å². The molecule has 4 aromatic rings. The van der Waals surface area contributed by atoms with Crippen molar-refractivity contribution in [1.29, 1.82) is 0 Å². The highest BCUT2D eigenvalue weighted by Crippen LogP contribution is 2.52. The van der Waals surface area contributed by atoms with Crippen molar-refractivity contribution in [3.63, 3.8) is 0 Å². The normalized spacial score (nSPS) is 25.7. The molecular weight excluding hydrogens is 853 g/mol. The number of phosphoric acid groups is 3. The number of fused-ring (bicyclic) bond motifs is 2. The van der Waals surface area contributed by atoms with Gasteiger partial charge in [0.25, 0.3) is 5.56 Å². The lowest BCUT2D eigenvalue weighted by Crippen LogP contribution is -2.37. The minimum atomic E-state index is -5.17. The van der Waals surface area contributed by atoms with Crippen molar-refractivity contribution in [3.8, 4) is 0 Å². The summed E-state index contributed by atoms with van der Waals surface area (Å²) >= 11 is 0. The molecule has 4 aromatic heterocycles. The first kappa shape index (κ1) is 45.2. The van der Waals surface area contributed by atoms with Gasteiger partial charge in [0.15, 0.2) is 23.2 Å². The number of nitrogens with two attached hydrogens (primary N) is 2. The summed E-state index contributed by atoms with van der Waals surface area (Å²) in [5.41, 5.74) is 12.6. The third-order valence-electron chi connectivity index (χ3n) is 9.20. The fourth-order valence-electron chi connectivity index (χ4n) is 6.55. The summed E-state index contributed by atoms with van der Waals surface area (Å²) in [5, 5.41) is 18.1. The second-order valence-electron chi connectivity index (χ2n) is 13.3. The number of hydrogen-bond donors (Lipinski definition) is 9. The number of methoxy groups -OCH3 is 1. The van der Waals surface area contributed by atoms with Crippen molar-refractivity contribution in [3.05, 3.63) is 34.8 Å². The molecule has 11 N–H and O–H groups in total. The Morgan fingerprint density at radius 2 is 1.59 bits per heavy atom. The summed E-state index contributed by atoms with van der Waals surface area (Å²) in [6.45, 7) is -2.26. The Bertz CT molecular complexity index is 2260. The summed E-state index contributed by atoms with van der Waals surface area (Å²) < 4.78 is 83.8. The maximum Gasteiger partial charge on any atom is 0.472 e. The number of ether oxygens (including phenoxy) is 2. The molecule has 0 aliphatic carbocycles. The van der Waals surface area contributed by atoms with Gasteiger partial charge in [0.05, 0.1) is 44.4 Å². The van der Waals surface area contributed by atoms with E-state index in [1.165, 1.54) is 24.3 Å². The summed E-state index contributed by atoms with van der Waals surface area (Å²) in [5.74, 6) is -0.884. The molecule has 6 heterocycles. The van der Waals surface area contributed by atoms with Crippen LogP contribution in [-0.4, -0.2) is 149 Å².